The van der Waals surface area contributed by atoms with E-state index in [0.29, 0.717) is 5.92 Å². The van der Waals surface area contributed by atoms with Crippen LogP contribution in [0.15, 0.2) is 46.3 Å². The summed E-state index contributed by atoms with van der Waals surface area (Å²) in [6.45, 7) is 17.9. The van der Waals surface area contributed by atoms with Crippen molar-refractivity contribution in [1.82, 2.24) is 4.90 Å². The third-order valence-corrected chi connectivity index (χ3v) is 5.17. The van der Waals surface area contributed by atoms with E-state index in [1.165, 1.54) is 22.4 Å². The van der Waals surface area contributed by atoms with Crippen molar-refractivity contribution in [1.29, 1.82) is 0 Å². The molecule has 0 aliphatic carbocycles. The monoisotopic (exact) mass is 351 g/mol. The lowest BCUT2D eigenvalue weighted by molar-refractivity contribution is 0.312. The molecule has 0 bridgehead atoms. The molecule has 0 saturated carbocycles. The molecule has 1 atom stereocenters. The Morgan fingerprint density at radius 3 is 2.62 bits per heavy atom. The molecule has 0 radical (unpaired) electrons. The number of aryl methyl sites for hydroxylation is 1. The molecule has 3 nitrogen and oxygen atoms in total. The van der Waals surface area contributed by atoms with E-state index in [1.54, 1.807) is 6.20 Å². The van der Waals surface area contributed by atoms with Gasteiger partial charge in [-0.25, -0.2) is 0 Å². The first kappa shape index (κ1) is 20.2. The smallest absolute Gasteiger partial charge is 0.0702 e. The van der Waals surface area contributed by atoms with Crippen molar-refractivity contribution < 1.29 is 0 Å². The molecule has 0 amide bonds. The van der Waals surface area contributed by atoms with Gasteiger partial charge in [0.05, 0.1) is 17.9 Å². The topological polar surface area (TPSA) is 28.0 Å². The molecule has 1 aromatic carbocycles. The molecule has 0 fully saturated rings. The number of rotatable bonds is 6. The van der Waals surface area contributed by atoms with Gasteiger partial charge >= 0.3 is 0 Å². The van der Waals surface area contributed by atoms with Gasteiger partial charge in [0.25, 0.3) is 0 Å². The van der Waals surface area contributed by atoms with E-state index >= 15 is 0 Å². The Hall–Kier alpha value is -2.16. The van der Waals surface area contributed by atoms with Crippen molar-refractivity contribution in [2.45, 2.75) is 60.3 Å². The molecule has 140 valence electrons. The van der Waals surface area contributed by atoms with Gasteiger partial charge in [0.15, 0.2) is 0 Å². The van der Waals surface area contributed by atoms with E-state index in [1.807, 2.05) is 12.4 Å². The predicted molar refractivity (Wildman–Crippen MR) is 115 cm³/mol. The molecule has 26 heavy (non-hydrogen) atoms. The zero-order valence-corrected chi connectivity index (χ0v) is 17.2. The van der Waals surface area contributed by atoms with Crippen LogP contribution >= 0.6 is 0 Å². The van der Waals surface area contributed by atoms with Crippen molar-refractivity contribution >= 4 is 18.6 Å². The van der Waals surface area contributed by atoms with Crippen LogP contribution in [0, 0.1) is 5.41 Å². The van der Waals surface area contributed by atoms with Gasteiger partial charge in [-0.1, -0.05) is 52.8 Å². The number of allylic oxidation sites excluding steroid dienone is 1. The van der Waals surface area contributed by atoms with Gasteiger partial charge < -0.3 is 4.90 Å². The second kappa shape index (κ2) is 8.48. The standard InChI is InChI=1S/C23H33N3/c1-8-18-16-19(21(9-2)23(4,5)6)10-11-20(18)22-17(3)25-13-15-26(22)14-12-24-7/h10-14,16,21H,7-9,15H2,1-6H3/b14-12-. The molecular formula is C23H33N3. The maximum atomic E-state index is 4.57. The highest BCUT2D eigenvalue weighted by Gasteiger charge is 2.26. The van der Waals surface area contributed by atoms with E-state index in [4.69, 9.17) is 0 Å². The van der Waals surface area contributed by atoms with E-state index in [0.717, 1.165) is 25.1 Å². The molecule has 1 aromatic rings. The fourth-order valence-corrected chi connectivity index (χ4v) is 3.94. The Morgan fingerprint density at radius 2 is 2.04 bits per heavy atom. The van der Waals surface area contributed by atoms with Crippen LogP contribution in [0.3, 0.4) is 0 Å². The average molecular weight is 352 g/mol. The second-order valence-electron chi connectivity index (χ2n) is 7.98. The summed E-state index contributed by atoms with van der Waals surface area (Å²) in [7, 11) is 0. The van der Waals surface area contributed by atoms with Crippen LogP contribution in [-0.4, -0.2) is 24.4 Å². The van der Waals surface area contributed by atoms with Crippen LogP contribution in [-0.2, 0) is 6.42 Å². The number of aliphatic imine (C=N–C) groups is 2. The second-order valence-corrected chi connectivity index (χ2v) is 7.98. The first-order valence-corrected chi connectivity index (χ1v) is 9.59. The average Bonchev–Trinajstić information content (AvgIpc) is 2.59. The summed E-state index contributed by atoms with van der Waals surface area (Å²) in [5.41, 5.74) is 6.54. The van der Waals surface area contributed by atoms with Crippen molar-refractivity contribution in [2.75, 3.05) is 6.54 Å². The van der Waals surface area contributed by atoms with Crippen molar-refractivity contribution in [3.63, 3.8) is 0 Å². The SMILES string of the molecule is C=N/C=C\N1CC=NC(C)=C1c1ccc(C(CC)C(C)(C)C)cc1CC. The molecule has 1 unspecified atom stereocenters. The summed E-state index contributed by atoms with van der Waals surface area (Å²) >= 11 is 0. The minimum atomic E-state index is 0.260. The van der Waals surface area contributed by atoms with Gasteiger partial charge in [-0.2, -0.15) is 0 Å². The fourth-order valence-electron chi connectivity index (χ4n) is 3.94. The Labute approximate surface area is 159 Å². The minimum Gasteiger partial charge on any atom is -0.339 e. The summed E-state index contributed by atoms with van der Waals surface area (Å²) < 4.78 is 0. The molecule has 2 rings (SSSR count). The molecular weight excluding hydrogens is 318 g/mol. The van der Waals surface area contributed by atoms with Gasteiger partial charge in [0, 0.05) is 24.2 Å². The number of hydrogen-bond donors (Lipinski definition) is 0. The highest BCUT2D eigenvalue weighted by molar-refractivity contribution is 5.78. The Kier molecular flexibility index (Phi) is 6.57. The Morgan fingerprint density at radius 1 is 1.31 bits per heavy atom. The van der Waals surface area contributed by atoms with E-state index < -0.39 is 0 Å². The normalized spacial score (nSPS) is 16.5. The molecule has 0 saturated heterocycles. The number of benzene rings is 1. The first-order valence-electron chi connectivity index (χ1n) is 9.59. The maximum absolute atomic E-state index is 4.57. The van der Waals surface area contributed by atoms with Crippen molar-refractivity contribution in [3.05, 3.63) is 53.0 Å². The van der Waals surface area contributed by atoms with Gasteiger partial charge in [0.1, 0.15) is 0 Å². The quantitative estimate of drug-likeness (QED) is 0.575. The van der Waals surface area contributed by atoms with Crippen LogP contribution < -0.4 is 0 Å². The van der Waals surface area contributed by atoms with Crippen LogP contribution in [0.5, 0.6) is 0 Å². The Bertz CT molecular complexity index is 732. The summed E-state index contributed by atoms with van der Waals surface area (Å²) in [6, 6.07) is 6.99. The summed E-state index contributed by atoms with van der Waals surface area (Å²) in [4.78, 5) is 10.6. The zero-order valence-electron chi connectivity index (χ0n) is 17.2. The zero-order chi connectivity index (χ0) is 19.3. The molecule has 3 heteroatoms. The number of nitrogens with zero attached hydrogens (tertiary/aromatic N) is 3. The van der Waals surface area contributed by atoms with E-state index in [9.17, 15) is 0 Å². The molecule has 0 aromatic heterocycles. The lowest BCUT2D eigenvalue weighted by Crippen LogP contribution is -2.23. The molecule has 1 aliphatic heterocycles. The highest BCUT2D eigenvalue weighted by atomic mass is 15.2. The van der Waals surface area contributed by atoms with Crippen LogP contribution in [0.25, 0.3) is 5.70 Å². The summed E-state index contributed by atoms with van der Waals surface area (Å²) in [5.74, 6) is 0.558. The van der Waals surface area contributed by atoms with Crippen molar-refractivity contribution in [3.8, 4) is 0 Å². The van der Waals surface area contributed by atoms with E-state index in [2.05, 4.69) is 81.3 Å². The minimum absolute atomic E-state index is 0.260. The van der Waals surface area contributed by atoms with Gasteiger partial charge in [0.2, 0.25) is 0 Å². The van der Waals surface area contributed by atoms with Gasteiger partial charge in [-0.3, -0.25) is 9.98 Å². The lowest BCUT2D eigenvalue weighted by Gasteiger charge is -2.32. The first-order chi connectivity index (χ1) is 12.3. The van der Waals surface area contributed by atoms with Crippen LogP contribution in [0.1, 0.15) is 70.6 Å². The highest BCUT2D eigenvalue weighted by Crippen LogP contribution is 2.39. The van der Waals surface area contributed by atoms with Gasteiger partial charge in [-0.15, -0.1) is 0 Å². The fraction of sp³-hybridized carbons (Fsp3) is 0.478. The van der Waals surface area contributed by atoms with Crippen LogP contribution in [0.2, 0.25) is 0 Å². The van der Waals surface area contributed by atoms with Gasteiger partial charge in [-0.05, 0) is 48.9 Å². The summed E-state index contributed by atoms with van der Waals surface area (Å²) in [6.07, 6.45) is 7.81. The predicted octanol–water partition coefficient (Wildman–Crippen LogP) is 6.04. The van der Waals surface area contributed by atoms with Crippen LogP contribution in [0.4, 0.5) is 0 Å². The van der Waals surface area contributed by atoms with E-state index in [-0.39, 0.29) is 5.41 Å². The summed E-state index contributed by atoms with van der Waals surface area (Å²) in [5, 5.41) is 0. The molecule has 0 spiro atoms. The molecule has 1 aliphatic rings. The third-order valence-electron chi connectivity index (χ3n) is 5.17. The molecule has 0 N–H and O–H groups in total. The third kappa shape index (κ3) is 4.32. The largest absolute Gasteiger partial charge is 0.339 e. The maximum Gasteiger partial charge on any atom is 0.0702 e. The lowest BCUT2D eigenvalue weighted by atomic mass is 9.74. The molecule has 1 heterocycles. The van der Waals surface area contributed by atoms with Crippen molar-refractivity contribution in [2.24, 2.45) is 15.4 Å². The Balaban J connectivity index is 2.54. The number of hydrogen-bond acceptors (Lipinski definition) is 3.